The molecule has 2 aliphatic heterocycles. The van der Waals surface area contributed by atoms with Gasteiger partial charge in [0.2, 0.25) is 0 Å². The lowest BCUT2D eigenvalue weighted by Gasteiger charge is -2.35. The molecule has 0 radical (unpaired) electrons. The van der Waals surface area contributed by atoms with Crippen molar-refractivity contribution in [2.24, 2.45) is 10.8 Å². The lowest BCUT2D eigenvalue weighted by Crippen LogP contribution is -2.41. The maximum atomic E-state index is 6.16. The van der Waals surface area contributed by atoms with Gasteiger partial charge in [0.15, 0.2) is 6.71 Å². The van der Waals surface area contributed by atoms with Gasteiger partial charge in [-0.15, -0.1) is 0 Å². The van der Waals surface area contributed by atoms with Crippen LogP contribution in [-0.2, 0) is 9.31 Å². The van der Waals surface area contributed by atoms with E-state index in [1.54, 1.807) is 10.8 Å². The third-order valence-corrected chi connectivity index (χ3v) is 10.8. The average molecular weight is 466 g/mol. The van der Waals surface area contributed by atoms with E-state index in [1.807, 2.05) is 10.8 Å². The molecule has 0 aliphatic carbocycles. The van der Waals surface area contributed by atoms with Crippen LogP contribution in [0.3, 0.4) is 0 Å². The minimum atomic E-state index is -0.308. The van der Waals surface area contributed by atoms with Gasteiger partial charge in [-0.25, -0.2) is 0 Å². The Morgan fingerprint density at radius 1 is 0.594 bits per heavy atom. The van der Waals surface area contributed by atoms with Crippen molar-refractivity contribution in [3.8, 4) is 0 Å². The molecule has 2 aromatic rings. The van der Waals surface area contributed by atoms with Gasteiger partial charge in [0.1, 0.15) is 0 Å². The lowest BCUT2D eigenvalue weighted by molar-refractivity contribution is 0.00578. The van der Waals surface area contributed by atoms with Crippen LogP contribution in [0.4, 0.5) is 0 Å². The van der Waals surface area contributed by atoms with E-state index in [-0.39, 0.29) is 18.3 Å². The Labute approximate surface area is 203 Å². The standard InChI is InChI=1S/C26H36B2O2S2/c1-23(2)17-27(18-24(23,3)4)19-9-13-21(14-10-19)31-32-22-15-11-20(12-16-22)28-29-25(5,6)26(7,8)30-28/h9-16H,17-18H2,1-8H3. The Bertz CT molecular complexity index is 841. The Hall–Kier alpha value is -0.810. The van der Waals surface area contributed by atoms with Crippen LogP contribution in [0.25, 0.3) is 0 Å². The topological polar surface area (TPSA) is 18.5 Å². The average Bonchev–Trinajstić information content (AvgIpc) is 3.07. The predicted molar refractivity (Wildman–Crippen MR) is 143 cm³/mol. The smallest absolute Gasteiger partial charge is 0.399 e. The number of benzene rings is 2. The molecule has 4 rings (SSSR count). The SMILES string of the molecule is CC1(C)CB(c2ccc(SSc3ccc(B4OC(C)(C)C(C)(C)O4)cc3)cc2)CC1(C)C. The molecule has 0 spiro atoms. The zero-order chi connectivity index (χ0) is 23.4. The van der Waals surface area contributed by atoms with Gasteiger partial charge in [0, 0.05) is 9.79 Å². The minimum absolute atomic E-state index is 0.301. The van der Waals surface area contributed by atoms with Crippen LogP contribution >= 0.6 is 21.6 Å². The first-order chi connectivity index (χ1) is 14.8. The molecule has 2 aromatic carbocycles. The highest BCUT2D eigenvalue weighted by molar-refractivity contribution is 8.76. The lowest BCUT2D eigenvalue weighted by atomic mass is 9.42. The molecule has 2 saturated heterocycles. The molecule has 2 heterocycles. The minimum Gasteiger partial charge on any atom is -0.399 e. The first-order valence-electron chi connectivity index (χ1n) is 11.7. The normalized spacial score (nSPS) is 23.0. The van der Waals surface area contributed by atoms with E-state index < -0.39 is 0 Å². The Kier molecular flexibility index (Phi) is 6.42. The Morgan fingerprint density at radius 3 is 1.38 bits per heavy atom. The van der Waals surface area contributed by atoms with Crippen molar-refractivity contribution < 1.29 is 9.31 Å². The first-order valence-corrected chi connectivity index (χ1v) is 13.8. The Balaban J connectivity index is 1.34. The molecule has 0 saturated carbocycles. The van der Waals surface area contributed by atoms with Gasteiger partial charge in [-0.1, -0.05) is 91.7 Å². The summed E-state index contributed by atoms with van der Waals surface area (Å²) in [6, 6.07) is 17.8. The number of hydrogen-bond acceptors (Lipinski definition) is 4. The molecule has 2 nitrogen and oxygen atoms in total. The van der Waals surface area contributed by atoms with Crippen molar-refractivity contribution in [2.45, 2.75) is 89.0 Å². The van der Waals surface area contributed by atoms with Crippen molar-refractivity contribution in [3.05, 3.63) is 48.5 Å². The monoisotopic (exact) mass is 466 g/mol. The second kappa shape index (κ2) is 8.45. The van der Waals surface area contributed by atoms with Crippen molar-refractivity contribution in [3.63, 3.8) is 0 Å². The summed E-state index contributed by atoms with van der Waals surface area (Å²) in [4.78, 5) is 2.53. The highest BCUT2D eigenvalue weighted by Gasteiger charge is 2.51. The summed E-state index contributed by atoms with van der Waals surface area (Å²) in [6.45, 7) is 18.7. The van der Waals surface area contributed by atoms with E-state index in [9.17, 15) is 0 Å². The van der Waals surface area contributed by atoms with Gasteiger partial charge in [-0.05, 0) is 68.3 Å². The molecule has 2 fully saturated rings. The summed E-state index contributed by atoms with van der Waals surface area (Å²) < 4.78 is 12.3. The third-order valence-electron chi connectivity index (χ3n) is 8.34. The van der Waals surface area contributed by atoms with Crippen LogP contribution in [0.5, 0.6) is 0 Å². The molecule has 0 bridgehead atoms. The van der Waals surface area contributed by atoms with Gasteiger partial charge in [0.05, 0.1) is 11.2 Å². The summed E-state index contributed by atoms with van der Waals surface area (Å²) in [5.74, 6) is 0. The fourth-order valence-electron chi connectivity index (χ4n) is 4.64. The maximum Gasteiger partial charge on any atom is 0.494 e. The largest absolute Gasteiger partial charge is 0.494 e. The Morgan fingerprint density at radius 2 is 0.969 bits per heavy atom. The van der Waals surface area contributed by atoms with Crippen molar-refractivity contribution in [2.75, 3.05) is 0 Å². The molecule has 32 heavy (non-hydrogen) atoms. The molecule has 0 aromatic heterocycles. The van der Waals surface area contributed by atoms with Gasteiger partial charge >= 0.3 is 7.12 Å². The van der Waals surface area contributed by atoms with E-state index in [2.05, 4.69) is 104 Å². The summed E-state index contributed by atoms with van der Waals surface area (Å²) in [5.41, 5.74) is 2.74. The molecular formula is C26H36B2O2S2. The van der Waals surface area contributed by atoms with Crippen LogP contribution in [0.15, 0.2) is 58.3 Å². The second-order valence-electron chi connectivity index (χ2n) is 11.8. The molecule has 2 aliphatic rings. The highest BCUT2D eigenvalue weighted by atomic mass is 33.1. The van der Waals surface area contributed by atoms with E-state index >= 15 is 0 Å². The fourth-order valence-corrected chi connectivity index (χ4v) is 6.57. The van der Waals surface area contributed by atoms with E-state index in [0.29, 0.717) is 17.5 Å². The first kappa shape index (κ1) is 24.3. The van der Waals surface area contributed by atoms with Crippen LogP contribution < -0.4 is 10.9 Å². The molecule has 0 unspecified atom stereocenters. The van der Waals surface area contributed by atoms with E-state index in [0.717, 1.165) is 5.46 Å². The summed E-state index contributed by atoms with van der Waals surface area (Å²) in [6.07, 6.45) is 2.55. The maximum absolute atomic E-state index is 6.16. The van der Waals surface area contributed by atoms with Crippen LogP contribution in [0.2, 0.25) is 12.6 Å². The molecular weight excluding hydrogens is 430 g/mol. The quantitative estimate of drug-likeness (QED) is 0.367. The molecule has 6 heteroatoms. The van der Waals surface area contributed by atoms with Gasteiger partial charge in [-0.3, -0.25) is 0 Å². The van der Waals surface area contributed by atoms with E-state index in [1.165, 1.54) is 27.9 Å². The highest BCUT2D eigenvalue weighted by Crippen LogP contribution is 2.52. The zero-order valence-corrected chi connectivity index (χ0v) is 22.5. The van der Waals surface area contributed by atoms with Gasteiger partial charge in [-0.2, -0.15) is 0 Å². The van der Waals surface area contributed by atoms with Gasteiger partial charge in [0.25, 0.3) is 0 Å². The van der Waals surface area contributed by atoms with Crippen LogP contribution in [0.1, 0.15) is 55.4 Å². The van der Waals surface area contributed by atoms with Crippen LogP contribution in [0, 0.1) is 10.8 Å². The zero-order valence-electron chi connectivity index (χ0n) is 20.8. The van der Waals surface area contributed by atoms with Crippen molar-refractivity contribution in [1.82, 2.24) is 0 Å². The fraction of sp³-hybridized carbons (Fsp3) is 0.538. The summed E-state index contributed by atoms with van der Waals surface area (Å²) in [7, 11) is 3.31. The molecule has 0 atom stereocenters. The molecule has 0 N–H and O–H groups in total. The third kappa shape index (κ3) is 4.71. The molecule has 170 valence electrons. The number of rotatable bonds is 5. The summed E-state index contributed by atoms with van der Waals surface area (Å²) in [5, 5.41) is 0. The summed E-state index contributed by atoms with van der Waals surface area (Å²) >= 11 is 0. The molecule has 0 amide bonds. The van der Waals surface area contributed by atoms with Crippen molar-refractivity contribution >= 4 is 46.3 Å². The number of hydrogen-bond donors (Lipinski definition) is 0. The van der Waals surface area contributed by atoms with E-state index in [4.69, 9.17) is 9.31 Å². The second-order valence-corrected chi connectivity index (χ2v) is 14.0. The predicted octanol–water partition coefficient (Wildman–Crippen LogP) is 6.55. The van der Waals surface area contributed by atoms with Crippen LogP contribution in [-0.4, -0.2) is 25.0 Å². The van der Waals surface area contributed by atoms with Gasteiger partial charge < -0.3 is 9.31 Å². The van der Waals surface area contributed by atoms with Crippen molar-refractivity contribution in [1.29, 1.82) is 0 Å².